The first kappa shape index (κ1) is 20.7. The lowest BCUT2D eigenvalue weighted by atomic mass is 10.1. The fourth-order valence-electron chi connectivity index (χ4n) is 2.97. The predicted octanol–water partition coefficient (Wildman–Crippen LogP) is 3.52. The summed E-state index contributed by atoms with van der Waals surface area (Å²) in [6, 6.07) is 8.31. The van der Waals surface area contributed by atoms with Crippen molar-refractivity contribution in [1.82, 2.24) is 20.4 Å². The SMILES string of the molecule is CCNC(=NCCc1ccc(-c2nc(CC)no2)cc1)N1CCCC1.I. The molecule has 0 radical (unpaired) electrons. The lowest BCUT2D eigenvalue weighted by Gasteiger charge is -2.20. The Hall–Kier alpha value is -1.64. The zero-order chi connectivity index (χ0) is 17.5. The first-order chi connectivity index (χ1) is 12.3. The number of aryl methyl sites for hydroxylation is 1. The first-order valence-corrected chi connectivity index (χ1v) is 9.25. The van der Waals surface area contributed by atoms with Crippen molar-refractivity contribution in [2.24, 2.45) is 4.99 Å². The fraction of sp³-hybridized carbons (Fsp3) is 0.526. The van der Waals surface area contributed by atoms with E-state index < -0.39 is 0 Å². The molecule has 1 aromatic heterocycles. The van der Waals surface area contributed by atoms with Gasteiger partial charge in [0.05, 0.1) is 0 Å². The van der Waals surface area contributed by atoms with Crippen molar-refractivity contribution >= 4 is 29.9 Å². The molecule has 0 aliphatic carbocycles. The molecule has 0 atom stereocenters. The molecule has 1 N–H and O–H groups in total. The summed E-state index contributed by atoms with van der Waals surface area (Å²) < 4.78 is 5.28. The minimum absolute atomic E-state index is 0. The molecule has 2 aromatic rings. The third-order valence-corrected chi connectivity index (χ3v) is 4.39. The van der Waals surface area contributed by atoms with Gasteiger partial charge in [0.2, 0.25) is 0 Å². The van der Waals surface area contributed by atoms with Gasteiger partial charge in [-0.2, -0.15) is 4.98 Å². The number of benzene rings is 1. The molecule has 1 aliphatic rings. The summed E-state index contributed by atoms with van der Waals surface area (Å²) in [5.41, 5.74) is 2.23. The Bertz CT molecular complexity index is 692. The highest BCUT2D eigenvalue weighted by Gasteiger charge is 2.15. The van der Waals surface area contributed by atoms with E-state index >= 15 is 0 Å². The predicted molar refractivity (Wildman–Crippen MR) is 115 cm³/mol. The molecule has 0 bridgehead atoms. The second kappa shape index (κ2) is 10.5. The normalized spacial score (nSPS) is 14.4. The molecular formula is C19H28IN5O. The lowest BCUT2D eigenvalue weighted by Crippen LogP contribution is -2.39. The number of rotatable bonds is 6. The van der Waals surface area contributed by atoms with Gasteiger partial charge in [0.25, 0.3) is 5.89 Å². The topological polar surface area (TPSA) is 66.5 Å². The third-order valence-electron chi connectivity index (χ3n) is 4.39. The molecule has 142 valence electrons. The minimum atomic E-state index is 0. The first-order valence-electron chi connectivity index (χ1n) is 9.25. The maximum atomic E-state index is 5.28. The van der Waals surface area contributed by atoms with Gasteiger partial charge < -0.3 is 14.7 Å². The number of likely N-dealkylation sites (tertiary alicyclic amines) is 1. The van der Waals surface area contributed by atoms with Gasteiger partial charge in [-0.1, -0.05) is 24.2 Å². The van der Waals surface area contributed by atoms with Crippen LogP contribution in [0.5, 0.6) is 0 Å². The minimum Gasteiger partial charge on any atom is -0.357 e. The number of halogens is 1. The van der Waals surface area contributed by atoms with Gasteiger partial charge in [-0.3, -0.25) is 4.99 Å². The van der Waals surface area contributed by atoms with Crippen LogP contribution in [0, 0.1) is 0 Å². The molecule has 6 nitrogen and oxygen atoms in total. The van der Waals surface area contributed by atoms with E-state index in [0.29, 0.717) is 5.89 Å². The second-order valence-electron chi connectivity index (χ2n) is 6.25. The molecule has 0 unspecified atom stereocenters. The van der Waals surface area contributed by atoms with Crippen LogP contribution in [0.2, 0.25) is 0 Å². The monoisotopic (exact) mass is 469 g/mol. The van der Waals surface area contributed by atoms with E-state index in [4.69, 9.17) is 9.52 Å². The number of nitrogens with zero attached hydrogens (tertiary/aromatic N) is 4. The van der Waals surface area contributed by atoms with Crippen molar-refractivity contribution in [3.8, 4) is 11.5 Å². The Morgan fingerprint density at radius 3 is 2.54 bits per heavy atom. The summed E-state index contributed by atoms with van der Waals surface area (Å²) in [5.74, 6) is 2.38. The lowest BCUT2D eigenvalue weighted by molar-refractivity contribution is 0.423. The molecule has 26 heavy (non-hydrogen) atoms. The summed E-state index contributed by atoms with van der Waals surface area (Å²) >= 11 is 0. The summed E-state index contributed by atoms with van der Waals surface area (Å²) in [5, 5.41) is 7.34. The highest BCUT2D eigenvalue weighted by atomic mass is 127. The van der Waals surface area contributed by atoms with Crippen molar-refractivity contribution < 1.29 is 4.52 Å². The Morgan fingerprint density at radius 1 is 1.19 bits per heavy atom. The zero-order valence-electron chi connectivity index (χ0n) is 15.6. The summed E-state index contributed by atoms with van der Waals surface area (Å²) in [6.45, 7) is 8.06. The fourth-order valence-corrected chi connectivity index (χ4v) is 2.97. The van der Waals surface area contributed by atoms with Crippen LogP contribution in [0.15, 0.2) is 33.8 Å². The van der Waals surface area contributed by atoms with Crippen molar-refractivity contribution in [2.45, 2.75) is 39.5 Å². The molecule has 0 spiro atoms. The van der Waals surface area contributed by atoms with Crippen LogP contribution in [0.1, 0.15) is 38.1 Å². The number of aliphatic imine (C=N–C) groups is 1. The van der Waals surface area contributed by atoms with Crippen LogP contribution in [-0.2, 0) is 12.8 Å². The summed E-state index contributed by atoms with van der Waals surface area (Å²) in [4.78, 5) is 11.5. The van der Waals surface area contributed by atoms with E-state index in [2.05, 4.69) is 39.4 Å². The van der Waals surface area contributed by atoms with Gasteiger partial charge in [-0.25, -0.2) is 0 Å². The summed E-state index contributed by atoms with van der Waals surface area (Å²) in [6.07, 6.45) is 4.24. The molecule has 0 amide bonds. The van der Waals surface area contributed by atoms with E-state index in [9.17, 15) is 0 Å². The average Bonchev–Trinajstić information content (AvgIpc) is 3.33. The van der Waals surface area contributed by atoms with Gasteiger partial charge >= 0.3 is 0 Å². The number of aromatic nitrogens is 2. The van der Waals surface area contributed by atoms with E-state index in [1.165, 1.54) is 18.4 Å². The molecule has 1 saturated heterocycles. The van der Waals surface area contributed by atoms with Gasteiger partial charge in [-0.15, -0.1) is 24.0 Å². The smallest absolute Gasteiger partial charge is 0.257 e. The van der Waals surface area contributed by atoms with Crippen LogP contribution in [0.3, 0.4) is 0 Å². The number of nitrogens with one attached hydrogen (secondary N) is 1. The largest absolute Gasteiger partial charge is 0.357 e. The standard InChI is InChI=1S/C19H27N5O.HI/c1-3-17-22-18(25-23-17)16-9-7-15(8-10-16)11-12-21-19(20-4-2)24-13-5-6-14-24;/h7-10H,3-6,11-14H2,1-2H3,(H,20,21);1H. The van der Waals surface area contributed by atoms with Crippen LogP contribution in [0.25, 0.3) is 11.5 Å². The zero-order valence-corrected chi connectivity index (χ0v) is 17.9. The van der Waals surface area contributed by atoms with Gasteiger partial charge in [0, 0.05) is 38.2 Å². The third kappa shape index (κ3) is 5.43. The van der Waals surface area contributed by atoms with Crippen LogP contribution >= 0.6 is 24.0 Å². The molecule has 2 heterocycles. The van der Waals surface area contributed by atoms with E-state index in [-0.39, 0.29) is 24.0 Å². The van der Waals surface area contributed by atoms with Crippen molar-refractivity contribution in [2.75, 3.05) is 26.2 Å². The molecular weight excluding hydrogens is 441 g/mol. The number of hydrogen-bond donors (Lipinski definition) is 1. The molecule has 1 fully saturated rings. The number of hydrogen-bond acceptors (Lipinski definition) is 4. The second-order valence-corrected chi connectivity index (χ2v) is 6.25. The quantitative estimate of drug-likeness (QED) is 0.399. The Kier molecular flexibility index (Phi) is 8.34. The average molecular weight is 469 g/mol. The van der Waals surface area contributed by atoms with E-state index in [0.717, 1.165) is 56.4 Å². The molecule has 7 heteroatoms. The van der Waals surface area contributed by atoms with Crippen molar-refractivity contribution in [3.05, 3.63) is 35.7 Å². The van der Waals surface area contributed by atoms with Crippen molar-refractivity contribution in [1.29, 1.82) is 0 Å². The molecule has 3 rings (SSSR count). The maximum Gasteiger partial charge on any atom is 0.257 e. The van der Waals surface area contributed by atoms with Crippen LogP contribution < -0.4 is 5.32 Å². The molecule has 1 aliphatic heterocycles. The van der Waals surface area contributed by atoms with E-state index in [1.807, 2.05) is 19.1 Å². The summed E-state index contributed by atoms with van der Waals surface area (Å²) in [7, 11) is 0. The van der Waals surface area contributed by atoms with Gasteiger partial charge in [0.1, 0.15) is 0 Å². The highest BCUT2D eigenvalue weighted by molar-refractivity contribution is 14.0. The van der Waals surface area contributed by atoms with Crippen LogP contribution in [-0.4, -0.2) is 47.2 Å². The van der Waals surface area contributed by atoms with E-state index in [1.54, 1.807) is 0 Å². The number of guanidine groups is 1. The van der Waals surface area contributed by atoms with Gasteiger partial charge in [-0.05, 0) is 43.9 Å². The Morgan fingerprint density at radius 2 is 1.92 bits per heavy atom. The molecule has 1 aromatic carbocycles. The van der Waals surface area contributed by atoms with Crippen LogP contribution in [0.4, 0.5) is 0 Å². The van der Waals surface area contributed by atoms with Crippen molar-refractivity contribution in [3.63, 3.8) is 0 Å². The molecule has 0 saturated carbocycles. The maximum absolute atomic E-state index is 5.28. The Labute approximate surface area is 172 Å². The van der Waals surface area contributed by atoms with Gasteiger partial charge in [0.15, 0.2) is 11.8 Å². The Balaban J connectivity index is 0.00000243. The highest BCUT2D eigenvalue weighted by Crippen LogP contribution is 2.18.